The molecule has 4 rings (SSSR count). The highest BCUT2D eigenvalue weighted by atomic mass is 15.1. The van der Waals surface area contributed by atoms with Crippen molar-refractivity contribution in [1.82, 2.24) is 14.4 Å². The summed E-state index contributed by atoms with van der Waals surface area (Å²) in [6.45, 7) is 0.739. The van der Waals surface area contributed by atoms with Crippen LogP contribution in [0, 0.1) is 0 Å². The van der Waals surface area contributed by atoms with Crippen LogP contribution < -0.4 is 5.32 Å². The Balaban J connectivity index is 1.67. The predicted octanol–water partition coefficient (Wildman–Crippen LogP) is 4.51. The summed E-state index contributed by atoms with van der Waals surface area (Å²) in [4.78, 5) is 8.86. The summed E-state index contributed by atoms with van der Waals surface area (Å²) in [5, 5.41) is 3.51. The van der Waals surface area contributed by atoms with Crippen molar-refractivity contribution < 1.29 is 0 Å². The lowest BCUT2D eigenvalue weighted by atomic mass is 10.2. The molecule has 0 fully saturated rings. The van der Waals surface area contributed by atoms with Crippen LogP contribution in [0.1, 0.15) is 16.8 Å². The Morgan fingerprint density at radius 1 is 0.920 bits per heavy atom. The minimum absolute atomic E-state index is 0.739. The summed E-state index contributed by atoms with van der Waals surface area (Å²) in [5.41, 5.74) is 4.09. The summed E-state index contributed by atoms with van der Waals surface area (Å²) in [5.74, 6) is 0.966. The number of hydrogen-bond donors (Lipinski definition) is 1. The number of aromatic nitrogens is 3. The lowest BCUT2D eigenvalue weighted by molar-refractivity contribution is 1.07. The second-order valence-corrected chi connectivity index (χ2v) is 5.73. The van der Waals surface area contributed by atoms with E-state index in [9.17, 15) is 0 Å². The molecular formula is C21H18N4. The highest BCUT2D eigenvalue weighted by molar-refractivity contribution is 5.75. The molecule has 4 aromatic rings. The summed E-state index contributed by atoms with van der Waals surface area (Å²) >= 11 is 0. The van der Waals surface area contributed by atoms with Gasteiger partial charge in [0.25, 0.3) is 0 Å². The maximum absolute atomic E-state index is 4.69. The molecule has 0 aliphatic rings. The average Bonchev–Trinajstić information content (AvgIpc) is 3.04. The molecule has 0 bridgehead atoms. The van der Waals surface area contributed by atoms with E-state index in [1.54, 1.807) is 12.4 Å². The van der Waals surface area contributed by atoms with Crippen molar-refractivity contribution in [3.63, 3.8) is 0 Å². The van der Waals surface area contributed by atoms with Crippen LogP contribution in [0.3, 0.4) is 0 Å². The van der Waals surface area contributed by atoms with E-state index >= 15 is 0 Å². The quantitative estimate of drug-likeness (QED) is 0.586. The van der Waals surface area contributed by atoms with E-state index in [0.717, 1.165) is 29.3 Å². The molecule has 122 valence electrons. The molecule has 0 amide bonds. The zero-order chi connectivity index (χ0) is 16.9. The monoisotopic (exact) mass is 326 g/mol. The topological polar surface area (TPSA) is 42.2 Å². The molecule has 25 heavy (non-hydrogen) atoms. The molecule has 0 saturated carbocycles. The fourth-order valence-electron chi connectivity index (χ4n) is 2.74. The second-order valence-electron chi connectivity index (χ2n) is 5.73. The molecule has 0 spiro atoms. The van der Waals surface area contributed by atoms with Crippen molar-refractivity contribution in [3.8, 4) is 0 Å². The van der Waals surface area contributed by atoms with Gasteiger partial charge in [0.05, 0.1) is 6.20 Å². The molecule has 0 aliphatic carbocycles. The molecule has 1 N–H and O–H groups in total. The number of nitrogens with zero attached hydrogens (tertiary/aromatic N) is 3. The van der Waals surface area contributed by atoms with Crippen molar-refractivity contribution in [2.75, 3.05) is 5.32 Å². The summed E-state index contributed by atoms with van der Waals surface area (Å²) in [7, 11) is 0. The molecule has 4 heteroatoms. The van der Waals surface area contributed by atoms with E-state index in [1.807, 2.05) is 53.1 Å². The van der Waals surface area contributed by atoms with Crippen molar-refractivity contribution >= 4 is 23.6 Å². The lowest BCUT2D eigenvalue weighted by Gasteiger charge is -2.07. The Morgan fingerprint density at radius 2 is 1.68 bits per heavy atom. The smallest absolute Gasteiger partial charge is 0.157 e. The zero-order valence-electron chi connectivity index (χ0n) is 13.7. The first-order valence-corrected chi connectivity index (χ1v) is 8.23. The minimum atomic E-state index is 0.739. The van der Waals surface area contributed by atoms with Gasteiger partial charge < -0.3 is 5.32 Å². The van der Waals surface area contributed by atoms with Crippen molar-refractivity contribution in [3.05, 3.63) is 96.1 Å². The molecule has 2 heterocycles. The number of hydrogen-bond acceptors (Lipinski definition) is 3. The Morgan fingerprint density at radius 3 is 2.48 bits per heavy atom. The highest BCUT2D eigenvalue weighted by Crippen LogP contribution is 2.21. The van der Waals surface area contributed by atoms with Crippen LogP contribution in [0.4, 0.5) is 5.82 Å². The predicted molar refractivity (Wildman–Crippen MR) is 102 cm³/mol. The normalized spacial score (nSPS) is 11.2. The number of benzene rings is 2. The molecule has 0 saturated heterocycles. The summed E-state index contributed by atoms with van der Waals surface area (Å²) in [6.07, 6.45) is 9.58. The maximum Gasteiger partial charge on any atom is 0.157 e. The van der Waals surface area contributed by atoms with Gasteiger partial charge in [-0.1, -0.05) is 66.7 Å². The summed E-state index contributed by atoms with van der Waals surface area (Å²) in [6, 6.07) is 20.6. The standard InChI is InChI=1S/C21H18N4/c1-3-7-17(8-4-1)11-12-19-21(23-15-18-9-5-2-6-10-18)25-14-13-22-16-20(25)24-19/h1-14,16,23H,15H2/b12-11+. The van der Waals surface area contributed by atoms with Crippen LogP contribution in [-0.2, 0) is 6.54 Å². The third-order valence-corrected chi connectivity index (χ3v) is 3.99. The molecule has 0 radical (unpaired) electrons. The zero-order valence-corrected chi connectivity index (χ0v) is 13.7. The SMILES string of the molecule is C(=C\c1nc2cnccn2c1NCc1ccccc1)/c1ccccc1. The van der Waals surface area contributed by atoms with Crippen LogP contribution in [0.2, 0.25) is 0 Å². The van der Waals surface area contributed by atoms with Gasteiger partial charge in [0.15, 0.2) is 5.65 Å². The van der Waals surface area contributed by atoms with Gasteiger partial charge in [-0.05, 0) is 17.2 Å². The number of nitrogens with one attached hydrogen (secondary N) is 1. The van der Waals surface area contributed by atoms with Gasteiger partial charge in [-0.15, -0.1) is 0 Å². The van der Waals surface area contributed by atoms with Gasteiger partial charge in [-0.25, -0.2) is 4.98 Å². The molecule has 2 aromatic carbocycles. The van der Waals surface area contributed by atoms with Gasteiger partial charge >= 0.3 is 0 Å². The van der Waals surface area contributed by atoms with E-state index in [0.29, 0.717) is 0 Å². The number of anilines is 1. The number of rotatable bonds is 5. The highest BCUT2D eigenvalue weighted by Gasteiger charge is 2.09. The first-order valence-electron chi connectivity index (χ1n) is 8.23. The third-order valence-electron chi connectivity index (χ3n) is 3.99. The maximum atomic E-state index is 4.69. The largest absolute Gasteiger partial charge is 0.365 e. The molecule has 0 aliphatic heterocycles. The third kappa shape index (κ3) is 3.43. The van der Waals surface area contributed by atoms with Crippen LogP contribution in [0.5, 0.6) is 0 Å². The van der Waals surface area contributed by atoms with Crippen LogP contribution in [-0.4, -0.2) is 14.4 Å². The van der Waals surface area contributed by atoms with E-state index in [2.05, 4.69) is 40.6 Å². The first-order chi connectivity index (χ1) is 12.4. The van der Waals surface area contributed by atoms with Gasteiger partial charge in [0.2, 0.25) is 0 Å². The van der Waals surface area contributed by atoms with Gasteiger partial charge in [0, 0.05) is 18.9 Å². The van der Waals surface area contributed by atoms with E-state index in [1.165, 1.54) is 5.56 Å². The van der Waals surface area contributed by atoms with Crippen molar-refractivity contribution in [2.24, 2.45) is 0 Å². The Labute approximate surface area is 146 Å². The van der Waals surface area contributed by atoms with Crippen LogP contribution >= 0.6 is 0 Å². The van der Waals surface area contributed by atoms with Gasteiger partial charge in [-0.2, -0.15) is 0 Å². The molecule has 4 nitrogen and oxygen atoms in total. The number of fused-ring (bicyclic) bond motifs is 1. The Hall–Kier alpha value is -3.40. The van der Waals surface area contributed by atoms with E-state index in [-0.39, 0.29) is 0 Å². The molecule has 0 unspecified atom stereocenters. The van der Waals surface area contributed by atoms with Crippen molar-refractivity contribution in [2.45, 2.75) is 6.54 Å². The minimum Gasteiger partial charge on any atom is -0.365 e. The van der Waals surface area contributed by atoms with E-state index < -0.39 is 0 Å². The van der Waals surface area contributed by atoms with Crippen LogP contribution in [0.15, 0.2) is 79.3 Å². The fraction of sp³-hybridized carbons (Fsp3) is 0.0476. The Bertz CT molecular complexity index is 988. The average molecular weight is 326 g/mol. The first kappa shape index (κ1) is 15.1. The lowest BCUT2D eigenvalue weighted by Crippen LogP contribution is -2.03. The Kier molecular flexibility index (Phi) is 4.25. The molecule has 2 aromatic heterocycles. The van der Waals surface area contributed by atoms with Crippen LogP contribution in [0.25, 0.3) is 17.8 Å². The van der Waals surface area contributed by atoms with Gasteiger partial charge in [0.1, 0.15) is 11.5 Å². The summed E-state index contributed by atoms with van der Waals surface area (Å²) < 4.78 is 2.03. The fourth-order valence-corrected chi connectivity index (χ4v) is 2.74. The number of imidazole rings is 1. The van der Waals surface area contributed by atoms with Gasteiger partial charge in [-0.3, -0.25) is 9.38 Å². The van der Waals surface area contributed by atoms with E-state index in [4.69, 9.17) is 4.98 Å². The molecular weight excluding hydrogens is 308 g/mol. The second kappa shape index (κ2) is 7.01. The van der Waals surface area contributed by atoms with Crippen molar-refractivity contribution in [1.29, 1.82) is 0 Å². The molecule has 0 atom stereocenters.